The van der Waals surface area contributed by atoms with Crippen LogP contribution in [0.3, 0.4) is 0 Å². The Morgan fingerprint density at radius 3 is 2.76 bits per heavy atom. The van der Waals surface area contributed by atoms with Gasteiger partial charge in [0.15, 0.2) is 5.84 Å². The van der Waals surface area contributed by atoms with E-state index < -0.39 is 0 Å². The highest BCUT2D eigenvalue weighted by molar-refractivity contribution is 5.99. The van der Waals surface area contributed by atoms with Gasteiger partial charge in [-0.05, 0) is 30.9 Å². The maximum absolute atomic E-state index is 8.66. The summed E-state index contributed by atoms with van der Waals surface area (Å²) in [7, 11) is 0. The van der Waals surface area contributed by atoms with Crippen molar-refractivity contribution in [2.75, 3.05) is 6.61 Å². The highest BCUT2D eigenvalue weighted by Crippen LogP contribution is 2.18. The molecule has 1 rings (SSSR count). The minimum atomic E-state index is 0.0736. The van der Waals surface area contributed by atoms with Gasteiger partial charge in [0.1, 0.15) is 5.75 Å². The van der Waals surface area contributed by atoms with Crippen molar-refractivity contribution in [2.24, 2.45) is 16.8 Å². The molecule has 0 aromatic heterocycles. The summed E-state index contributed by atoms with van der Waals surface area (Å²) in [6.45, 7) is 5.02. The minimum Gasteiger partial charge on any atom is -0.493 e. The predicted octanol–water partition coefficient (Wildman–Crippen LogP) is 2.60. The lowest BCUT2D eigenvalue weighted by molar-refractivity contribution is 0.296. The van der Waals surface area contributed by atoms with Gasteiger partial charge in [-0.25, -0.2) is 0 Å². The van der Waals surface area contributed by atoms with Gasteiger partial charge in [-0.2, -0.15) is 0 Å². The normalized spacial score (nSPS) is 11.8. The summed E-state index contributed by atoms with van der Waals surface area (Å²) in [6, 6.07) is 7.29. The van der Waals surface area contributed by atoms with Gasteiger partial charge in [0.05, 0.1) is 12.2 Å². The Morgan fingerprint density at radius 2 is 2.12 bits per heavy atom. The molecule has 0 spiro atoms. The number of para-hydroxylation sites is 1. The molecule has 0 amide bonds. The van der Waals surface area contributed by atoms with Crippen LogP contribution in [0.5, 0.6) is 5.75 Å². The first-order valence-corrected chi connectivity index (χ1v) is 5.85. The fourth-order valence-electron chi connectivity index (χ4n) is 1.53. The second kappa shape index (κ2) is 6.78. The first-order chi connectivity index (χ1) is 8.15. The molecular formula is C13H20N2O2. The summed E-state index contributed by atoms with van der Waals surface area (Å²) in [6.07, 6.45) is 2.13. The molecular weight excluding hydrogens is 216 g/mol. The number of nitrogens with two attached hydrogens (primary N) is 1. The highest BCUT2D eigenvalue weighted by Gasteiger charge is 2.07. The molecule has 1 aromatic carbocycles. The van der Waals surface area contributed by atoms with Gasteiger partial charge in [-0.3, -0.25) is 0 Å². The Labute approximate surface area is 102 Å². The molecule has 0 saturated carbocycles. The highest BCUT2D eigenvalue weighted by atomic mass is 16.5. The molecule has 0 heterocycles. The fraction of sp³-hybridized carbons (Fsp3) is 0.462. The van der Waals surface area contributed by atoms with Crippen LogP contribution in [-0.4, -0.2) is 17.6 Å². The lowest BCUT2D eigenvalue weighted by Crippen LogP contribution is -2.15. The summed E-state index contributed by atoms with van der Waals surface area (Å²) >= 11 is 0. The van der Waals surface area contributed by atoms with Crippen LogP contribution in [-0.2, 0) is 0 Å². The van der Waals surface area contributed by atoms with Gasteiger partial charge in [0, 0.05) is 0 Å². The number of nitrogens with zero attached hydrogens (tertiary/aromatic N) is 1. The molecule has 4 nitrogen and oxygen atoms in total. The molecule has 17 heavy (non-hydrogen) atoms. The molecule has 0 unspecified atom stereocenters. The number of amidine groups is 1. The Kier molecular flexibility index (Phi) is 5.33. The van der Waals surface area contributed by atoms with Gasteiger partial charge in [0.25, 0.3) is 0 Å². The molecule has 0 aliphatic carbocycles. The summed E-state index contributed by atoms with van der Waals surface area (Å²) < 4.78 is 5.64. The Balaban J connectivity index is 2.58. The molecule has 3 N–H and O–H groups in total. The monoisotopic (exact) mass is 236 g/mol. The van der Waals surface area contributed by atoms with E-state index in [9.17, 15) is 0 Å². The second-order valence-electron chi connectivity index (χ2n) is 4.37. The van der Waals surface area contributed by atoms with Crippen molar-refractivity contribution >= 4 is 5.84 Å². The van der Waals surface area contributed by atoms with E-state index in [4.69, 9.17) is 15.7 Å². The number of benzene rings is 1. The van der Waals surface area contributed by atoms with E-state index in [1.807, 2.05) is 18.2 Å². The van der Waals surface area contributed by atoms with Crippen LogP contribution in [0.15, 0.2) is 29.4 Å². The van der Waals surface area contributed by atoms with Gasteiger partial charge in [-0.15, -0.1) is 0 Å². The molecule has 0 radical (unpaired) electrons. The van der Waals surface area contributed by atoms with Crippen molar-refractivity contribution in [3.8, 4) is 5.75 Å². The number of hydrogen-bond donors (Lipinski definition) is 2. The molecule has 1 aromatic rings. The summed E-state index contributed by atoms with van der Waals surface area (Å²) in [5.74, 6) is 1.41. The molecule has 4 heteroatoms. The maximum atomic E-state index is 8.66. The van der Waals surface area contributed by atoms with Crippen LogP contribution in [0.2, 0.25) is 0 Å². The van der Waals surface area contributed by atoms with Gasteiger partial charge < -0.3 is 15.7 Å². The van der Waals surface area contributed by atoms with Crippen LogP contribution in [0.25, 0.3) is 0 Å². The van der Waals surface area contributed by atoms with Crippen molar-refractivity contribution in [1.29, 1.82) is 0 Å². The topological polar surface area (TPSA) is 67.8 Å². The number of rotatable bonds is 6. The predicted molar refractivity (Wildman–Crippen MR) is 68.5 cm³/mol. The van der Waals surface area contributed by atoms with Crippen LogP contribution < -0.4 is 10.5 Å². The third-order valence-corrected chi connectivity index (χ3v) is 2.45. The average molecular weight is 236 g/mol. The number of ether oxygens (including phenoxy) is 1. The van der Waals surface area contributed by atoms with Gasteiger partial charge >= 0.3 is 0 Å². The Bertz CT molecular complexity index is 375. The fourth-order valence-corrected chi connectivity index (χ4v) is 1.53. The quantitative estimate of drug-likeness (QED) is 0.262. The zero-order valence-corrected chi connectivity index (χ0v) is 10.4. The van der Waals surface area contributed by atoms with E-state index in [1.165, 1.54) is 0 Å². The summed E-state index contributed by atoms with van der Waals surface area (Å²) in [5, 5.41) is 11.7. The zero-order chi connectivity index (χ0) is 12.7. The van der Waals surface area contributed by atoms with E-state index >= 15 is 0 Å². The Hall–Kier alpha value is -1.71. The molecule has 0 bridgehead atoms. The van der Waals surface area contributed by atoms with Crippen molar-refractivity contribution in [2.45, 2.75) is 26.7 Å². The lowest BCUT2D eigenvalue weighted by atomic mass is 10.1. The maximum Gasteiger partial charge on any atom is 0.173 e. The van der Waals surface area contributed by atoms with Crippen LogP contribution in [0, 0.1) is 5.92 Å². The SMILES string of the molecule is CC(C)CCCOc1ccccc1/C(N)=N/O. The third kappa shape index (κ3) is 4.34. The van der Waals surface area contributed by atoms with E-state index in [-0.39, 0.29) is 5.84 Å². The summed E-state index contributed by atoms with van der Waals surface area (Å²) in [4.78, 5) is 0. The molecule has 0 saturated heterocycles. The Morgan fingerprint density at radius 1 is 1.41 bits per heavy atom. The smallest absolute Gasteiger partial charge is 0.173 e. The molecule has 0 fully saturated rings. The number of hydrogen-bond acceptors (Lipinski definition) is 3. The second-order valence-corrected chi connectivity index (χ2v) is 4.37. The van der Waals surface area contributed by atoms with Gasteiger partial charge in [-0.1, -0.05) is 31.1 Å². The van der Waals surface area contributed by atoms with Crippen LogP contribution in [0.4, 0.5) is 0 Å². The first-order valence-electron chi connectivity index (χ1n) is 5.85. The van der Waals surface area contributed by atoms with Crippen LogP contribution >= 0.6 is 0 Å². The van der Waals surface area contributed by atoms with Gasteiger partial charge in [0.2, 0.25) is 0 Å². The lowest BCUT2D eigenvalue weighted by Gasteiger charge is -2.11. The molecule has 0 aliphatic rings. The zero-order valence-electron chi connectivity index (χ0n) is 10.4. The molecule has 0 atom stereocenters. The summed E-state index contributed by atoms with van der Waals surface area (Å²) in [5.41, 5.74) is 6.19. The van der Waals surface area contributed by atoms with Crippen molar-refractivity contribution in [3.05, 3.63) is 29.8 Å². The average Bonchev–Trinajstić information content (AvgIpc) is 2.34. The number of oxime groups is 1. The molecule has 0 aliphatic heterocycles. The van der Waals surface area contributed by atoms with E-state index in [0.717, 1.165) is 12.8 Å². The van der Waals surface area contributed by atoms with E-state index in [1.54, 1.807) is 6.07 Å². The minimum absolute atomic E-state index is 0.0736. The van der Waals surface area contributed by atoms with Crippen molar-refractivity contribution in [1.82, 2.24) is 0 Å². The first kappa shape index (κ1) is 13.4. The van der Waals surface area contributed by atoms with E-state index in [0.29, 0.717) is 23.8 Å². The van der Waals surface area contributed by atoms with Crippen molar-refractivity contribution < 1.29 is 9.94 Å². The van der Waals surface area contributed by atoms with E-state index in [2.05, 4.69) is 19.0 Å². The van der Waals surface area contributed by atoms with Crippen molar-refractivity contribution in [3.63, 3.8) is 0 Å². The molecule has 94 valence electrons. The van der Waals surface area contributed by atoms with Crippen LogP contribution in [0.1, 0.15) is 32.3 Å². The third-order valence-electron chi connectivity index (χ3n) is 2.45. The largest absolute Gasteiger partial charge is 0.493 e. The standard InChI is InChI=1S/C13H20N2O2/c1-10(2)6-5-9-17-12-8-4-3-7-11(12)13(14)15-16/h3-4,7-8,10,16H,5-6,9H2,1-2H3,(H2,14,15).